The van der Waals surface area contributed by atoms with E-state index in [-0.39, 0.29) is 18.9 Å². The Kier molecular flexibility index (Phi) is 6.93. The largest absolute Gasteiger partial charge is 0.458 e. The van der Waals surface area contributed by atoms with E-state index >= 15 is 0 Å². The first kappa shape index (κ1) is 26.5. The van der Waals surface area contributed by atoms with Gasteiger partial charge in [0.1, 0.15) is 23.8 Å². The predicted octanol–water partition coefficient (Wildman–Crippen LogP) is 5.48. The fourth-order valence-corrected chi connectivity index (χ4v) is 5.59. The highest BCUT2D eigenvalue weighted by atomic mass is 16.6. The number of nitrogens with zero attached hydrogens (tertiary/aromatic N) is 2. The molecular weight excluding hydrogens is 492 g/mol. The number of β-lactam (4-membered cyclic amide) rings is 1. The first-order valence-corrected chi connectivity index (χ1v) is 13.3. The maximum absolute atomic E-state index is 14.2. The molecule has 0 saturated carbocycles. The lowest BCUT2D eigenvalue weighted by Gasteiger charge is -2.57. The molecule has 7 heteroatoms. The van der Waals surface area contributed by atoms with E-state index in [0.717, 1.165) is 16.7 Å². The monoisotopic (exact) mass is 526 g/mol. The number of amides is 2. The summed E-state index contributed by atoms with van der Waals surface area (Å²) in [5, 5.41) is 0. The molecule has 2 amide bonds. The summed E-state index contributed by atoms with van der Waals surface area (Å²) in [5.41, 5.74) is 0.546. The van der Waals surface area contributed by atoms with E-state index < -0.39 is 41.3 Å². The fourth-order valence-electron chi connectivity index (χ4n) is 5.59. The summed E-state index contributed by atoms with van der Waals surface area (Å²) < 4.78 is 11.4. The zero-order valence-electron chi connectivity index (χ0n) is 22.7. The number of esters is 1. The van der Waals surface area contributed by atoms with Gasteiger partial charge in [0.15, 0.2) is 0 Å². The summed E-state index contributed by atoms with van der Waals surface area (Å²) in [6.45, 7) is 7.35. The second-order valence-electron chi connectivity index (χ2n) is 11.4. The van der Waals surface area contributed by atoms with E-state index in [0.29, 0.717) is 0 Å². The molecule has 3 aromatic rings. The van der Waals surface area contributed by atoms with Gasteiger partial charge in [-0.2, -0.15) is 0 Å². The Labute approximate surface area is 229 Å². The molecule has 0 aromatic heterocycles. The quantitative estimate of drug-likeness (QED) is 0.301. The summed E-state index contributed by atoms with van der Waals surface area (Å²) in [5.74, 6) is -0.803. The average Bonchev–Trinajstić information content (AvgIpc) is 3.28. The van der Waals surface area contributed by atoms with Gasteiger partial charge in [0.05, 0.1) is 12.1 Å². The number of hydrogen-bond donors (Lipinski definition) is 0. The number of likely N-dealkylation sites (tertiary alicyclic amines) is 1. The van der Waals surface area contributed by atoms with Crippen LogP contribution < -0.4 is 0 Å². The first-order chi connectivity index (χ1) is 18.6. The molecule has 3 aromatic carbocycles. The topological polar surface area (TPSA) is 76.2 Å². The SMILES string of the molecule is CC(C)(C)OC(=O)[C@@](C)(Cc1ccccc1)N1C(=O)[C@@H](N2C(=O)OC[C@@H]2c2ccccc2)[C@H]1c1ccccc1. The molecule has 5 rings (SSSR count). The number of ether oxygens (including phenoxy) is 2. The van der Waals surface area contributed by atoms with Crippen LogP contribution in [0.1, 0.15) is 56.5 Å². The van der Waals surface area contributed by atoms with Crippen molar-refractivity contribution in [2.24, 2.45) is 0 Å². The highest BCUT2D eigenvalue weighted by molar-refractivity contribution is 5.98. The maximum Gasteiger partial charge on any atom is 0.411 e. The Morgan fingerprint density at radius 2 is 1.36 bits per heavy atom. The van der Waals surface area contributed by atoms with Crippen LogP contribution >= 0.6 is 0 Å². The highest BCUT2D eigenvalue weighted by Crippen LogP contribution is 2.48. The van der Waals surface area contributed by atoms with Crippen molar-refractivity contribution in [1.82, 2.24) is 9.80 Å². The second-order valence-corrected chi connectivity index (χ2v) is 11.4. The van der Waals surface area contributed by atoms with Gasteiger partial charge in [-0.3, -0.25) is 9.69 Å². The van der Waals surface area contributed by atoms with E-state index in [2.05, 4.69) is 0 Å². The molecule has 2 fully saturated rings. The zero-order chi connectivity index (χ0) is 27.8. The van der Waals surface area contributed by atoms with Crippen LogP contribution in [0.2, 0.25) is 0 Å². The second kappa shape index (κ2) is 10.2. The van der Waals surface area contributed by atoms with Crippen molar-refractivity contribution >= 4 is 18.0 Å². The molecule has 0 aliphatic carbocycles. The van der Waals surface area contributed by atoms with Crippen LogP contribution in [0.5, 0.6) is 0 Å². The smallest absolute Gasteiger partial charge is 0.411 e. The van der Waals surface area contributed by atoms with Gasteiger partial charge in [0.2, 0.25) is 5.91 Å². The van der Waals surface area contributed by atoms with Crippen LogP contribution in [0, 0.1) is 0 Å². The molecule has 0 N–H and O–H groups in total. The molecular formula is C32H34N2O5. The lowest BCUT2D eigenvalue weighted by molar-refractivity contribution is -0.190. The lowest BCUT2D eigenvalue weighted by Crippen LogP contribution is -2.74. The molecule has 0 spiro atoms. The van der Waals surface area contributed by atoms with Gasteiger partial charge in [-0.15, -0.1) is 0 Å². The summed E-state index contributed by atoms with van der Waals surface area (Å²) in [6.07, 6.45) is -0.276. The van der Waals surface area contributed by atoms with Gasteiger partial charge in [-0.25, -0.2) is 9.59 Å². The number of benzene rings is 3. The van der Waals surface area contributed by atoms with Crippen LogP contribution in [0.15, 0.2) is 91.0 Å². The molecule has 2 heterocycles. The molecule has 2 saturated heterocycles. The van der Waals surface area contributed by atoms with Crippen molar-refractivity contribution in [2.45, 2.75) is 63.4 Å². The van der Waals surface area contributed by atoms with Gasteiger partial charge >= 0.3 is 12.1 Å². The Bertz CT molecular complexity index is 1340. The highest BCUT2D eigenvalue weighted by Gasteiger charge is 2.63. The molecule has 0 radical (unpaired) electrons. The number of carbonyl (C=O) groups excluding carboxylic acids is 3. The van der Waals surface area contributed by atoms with Crippen molar-refractivity contribution in [3.05, 3.63) is 108 Å². The Morgan fingerprint density at radius 3 is 1.92 bits per heavy atom. The number of hydrogen-bond acceptors (Lipinski definition) is 5. The average molecular weight is 527 g/mol. The standard InChI is InChI=1S/C32H34N2O5/c1-31(2,3)39-29(36)32(4,20-22-14-8-5-9-15-22)34-26(24-18-12-7-13-19-24)27(28(34)35)33-25(21-38-30(33)37)23-16-10-6-11-17-23/h5-19,25-27H,20-21H2,1-4H3/t25-,26-,27+,32-/m1/s1. The molecule has 2 aliphatic heterocycles. The predicted molar refractivity (Wildman–Crippen MR) is 147 cm³/mol. The maximum atomic E-state index is 14.2. The number of rotatable bonds is 7. The summed E-state index contributed by atoms with van der Waals surface area (Å²) in [6, 6.07) is 26.9. The molecule has 202 valence electrons. The van der Waals surface area contributed by atoms with Crippen molar-refractivity contribution < 1.29 is 23.9 Å². The normalized spacial score (nSPS) is 22.6. The van der Waals surface area contributed by atoms with Crippen LogP contribution in [0.3, 0.4) is 0 Å². The van der Waals surface area contributed by atoms with E-state index in [1.807, 2.05) is 112 Å². The van der Waals surface area contributed by atoms with Gasteiger partial charge in [0, 0.05) is 6.42 Å². The molecule has 39 heavy (non-hydrogen) atoms. The molecule has 7 nitrogen and oxygen atoms in total. The third-order valence-corrected chi connectivity index (χ3v) is 7.37. The van der Waals surface area contributed by atoms with E-state index in [9.17, 15) is 14.4 Å². The van der Waals surface area contributed by atoms with Crippen molar-refractivity contribution in [3.63, 3.8) is 0 Å². The molecule has 4 atom stereocenters. The van der Waals surface area contributed by atoms with Crippen molar-refractivity contribution in [2.75, 3.05) is 6.61 Å². The molecule has 0 bridgehead atoms. The van der Waals surface area contributed by atoms with Gasteiger partial charge in [-0.1, -0.05) is 91.0 Å². The van der Waals surface area contributed by atoms with Gasteiger partial charge in [0.25, 0.3) is 0 Å². The third kappa shape index (κ3) is 5.01. The van der Waals surface area contributed by atoms with Crippen LogP contribution in [0.25, 0.3) is 0 Å². The molecule has 0 unspecified atom stereocenters. The van der Waals surface area contributed by atoms with Crippen LogP contribution in [-0.4, -0.2) is 51.6 Å². The fraction of sp³-hybridized carbons (Fsp3) is 0.344. The first-order valence-electron chi connectivity index (χ1n) is 13.3. The van der Waals surface area contributed by atoms with Gasteiger partial charge in [-0.05, 0) is 44.4 Å². The third-order valence-electron chi connectivity index (χ3n) is 7.37. The Balaban J connectivity index is 1.59. The summed E-state index contributed by atoms with van der Waals surface area (Å²) in [7, 11) is 0. The summed E-state index contributed by atoms with van der Waals surface area (Å²) in [4.78, 5) is 44.4. The van der Waals surface area contributed by atoms with Crippen LogP contribution in [-0.2, 0) is 25.5 Å². The van der Waals surface area contributed by atoms with Gasteiger partial charge < -0.3 is 14.4 Å². The van der Waals surface area contributed by atoms with E-state index in [1.54, 1.807) is 16.7 Å². The number of carbonyl (C=O) groups is 3. The van der Waals surface area contributed by atoms with Crippen molar-refractivity contribution in [3.8, 4) is 0 Å². The lowest BCUT2D eigenvalue weighted by atomic mass is 9.78. The van der Waals surface area contributed by atoms with E-state index in [4.69, 9.17) is 9.47 Å². The Morgan fingerprint density at radius 1 is 0.821 bits per heavy atom. The minimum Gasteiger partial charge on any atom is -0.458 e. The molecule has 2 aliphatic rings. The minimum absolute atomic E-state index is 0.154. The van der Waals surface area contributed by atoms with Crippen molar-refractivity contribution in [1.29, 1.82) is 0 Å². The minimum atomic E-state index is -1.32. The summed E-state index contributed by atoms with van der Waals surface area (Å²) >= 11 is 0. The Hall–Kier alpha value is -4.13. The number of cyclic esters (lactones) is 1. The van der Waals surface area contributed by atoms with E-state index in [1.165, 1.54) is 0 Å². The zero-order valence-corrected chi connectivity index (χ0v) is 22.7. The van der Waals surface area contributed by atoms with Crippen LogP contribution in [0.4, 0.5) is 4.79 Å².